The molecule has 6 aromatic rings. The summed E-state index contributed by atoms with van der Waals surface area (Å²) in [5, 5.41) is 1.16. The van der Waals surface area contributed by atoms with Crippen molar-refractivity contribution in [3.8, 4) is 22.4 Å². The van der Waals surface area contributed by atoms with Crippen LogP contribution in [0.15, 0.2) is 86.0 Å². The maximum atomic E-state index is 12.5. The smallest absolute Gasteiger partial charge is 0.250 e. The van der Waals surface area contributed by atoms with Crippen LogP contribution < -0.4 is 10.6 Å². The summed E-state index contributed by atoms with van der Waals surface area (Å²) in [6.07, 6.45) is 11.7. The molecular formula is C28H22N8O. The third-order valence-electron chi connectivity index (χ3n) is 6.50. The molecule has 0 radical (unpaired) electrons. The average Bonchev–Trinajstić information content (AvgIpc) is 3.31. The number of nitrogens with two attached hydrogens (primary N) is 1. The molecule has 4 heterocycles. The molecule has 0 saturated heterocycles. The van der Waals surface area contributed by atoms with Crippen molar-refractivity contribution in [1.82, 2.24) is 29.5 Å². The predicted molar refractivity (Wildman–Crippen MR) is 143 cm³/mol. The zero-order chi connectivity index (χ0) is 25.5. The summed E-state index contributed by atoms with van der Waals surface area (Å²) in [5.74, 6) is -0.558. The summed E-state index contributed by atoms with van der Waals surface area (Å²) >= 11 is 0. The molecule has 180 valence electrons. The number of anilines is 2. The third-order valence-corrected chi connectivity index (χ3v) is 6.50. The molecule has 0 aliphatic carbocycles. The lowest BCUT2D eigenvalue weighted by molar-refractivity contribution is 0.100. The molecule has 6 rings (SSSR count). The van der Waals surface area contributed by atoms with E-state index in [2.05, 4.69) is 53.8 Å². The highest BCUT2D eigenvalue weighted by Crippen LogP contribution is 2.39. The molecular weight excluding hydrogens is 464 g/mol. The first-order valence-corrected chi connectivity index (χ1v) is 11.6. The van der Waals surface area contributed by atoms with Crippen LogP contribution in [0.2, 0.25) is 0 Å². The lowest BCUT2D eigenvalue weighted by atomic mass is 10.0. The van der Waals surface area contributed by atoms with Crippen molar-refractivity contribution in [3.05, 3.63) is 91.5 Å². The number of carbonyl (C=O) groups excluding carboxylic acids is 1. The van der Waals surface area contributed by atoms with Gasteiger partial charge in [-0.25, -0.2) is 9.97 Å². The normalized spacial score (nSPS) is 11.2. The van der Waals surface area contributed by atoms with Gasteiger partial charge in [0.15, 0.2) is 0 Å². The van der Waals surface area contributed by atoms with Gasteiger partial charge in [-0.3, -0.25) is 19.7 Å². The number of amides is 1. The van der Waals surface area contributed by atoms with Gasteiger partial charge in [-0.05, 0) is 41.3 Å². The second-order valence-corrected chi connectivity index (χ2v) is 8.72. The summed E-state index contributed by atoms with van der Waals surface area (Å²) in [5.41, 5.74) is 13.2. The van der Waals surface area contributed by atoms with E-state index < -0.39 is 5.91 Å². The van der Waals surface area contributed by atoms with E-state index in [0.717, 1.165) is 38.8 Å². The molecule has 9 heteroatoms. The van der Waals surface area contributed by atoms with Gasteiger partial charge in [0.1, 0.15) is 6.33 Å². The number of rotatable bonds is 5. The quantitative estimate of drug-likeness (QED) is 0.381. The van der Waals surface area contributed by atoms with Gasteiger partial charge in [0, 0.05) is 73.6 Å². The Kier molecular flexibility index (Phi) is 5.30. The van der Waals surface area contributed by atoms with Crippen molar-refractivity contribution in [1.29, 1.82) is 0 Å². The van der Waals surface area contributed by atoms with Crippen molar-refractivity contribution in [2.24, 2.45) is 12.8 Å². The minimum absolute atomic E-state index is 0.336. The van der Waals surface area contributed by atoms with E-state index in [-0.39, 0.29) is 0 Å². The Morgan fingerprint density at radius 3 is 2.54 bits per heavy atom. The molecule has 0 aliphatic rings. The fraction of sp³-hybridized carbons (Fsp3) is 0.0714. The van der Waals surface area contributed by atoms with Gasteiger partial charge >= 0.3 is 0 Å². The summed E-state index contributed by atoms with van der Waals surface area (Å²) in [4.78, 5) is 36.4. The van der Waals surface area contributed by atoms with Gasteiger partial charge in [0.05, 0.1) is 28.0 Å². The Morgan fingerprint density at radius 2 is 1.73 bits per heavy atom. The van der Waals surface area contributed by atoms with Crippen LogP contribution in [0.25, 0.3) is 44.3 Å². The number of fused-ring (bicyclic) bond motifs is 2. The van der Waals surface area contributed by atoms with Crippen LogP contribution in [0.1, 0.15) is 10.4 Å². The van der Waals surface area contributed by atoms with Gasteiger partial charge in [-0.1, -0.05) is 12.1 Å². The molecule has 37 heavy (non-hydrogen) atoms. The number of hydrogen-bond acceptors (Lipinski definition) is 7. The highest BCUT2D eigenvalue weighted by Gasteiger charge is 2.22. The highest BCUT2D eigenvalue weighted by molar-refractivity contribution is 6.04. The SMILES string of the molecule is CN(c1cc(-c2ccc3ccn(C)c3c2)c2nccnc2c1)c1c(C(N)=O)ccnc1-c1cncnc1. The van der Waals surface area contributed by atoms with E-state index in [4.69, 9.17) is 5.73 Å². The largest absolute Gasteiger partial charge is 0.366 e. The molecule has 0 bridgehead atoms. The first-order chi connectivity index (χ1) is 18.0. The third kappa shape index (κ3) is 3.82. The van der Waals surface area contributed by atoms with Gasteiger partial charge in [0.2, 0.25) is 0 Å². The van der Waals surface area contributed by atoms with Crippen LogP contribution in [0.4, 0.5) is 11.4 Å². The molecule has 0 saturated carbocycles. The summed E-state index contributed by atoms with van der Waals surface area (Å²) in [6.45, 7) is 0. The Bertz CT molecular complexity index is 1800. The fourth-order valence-electron chi connectivity index (χ4n) is 4.66. The molecule has 4 aromatic heterocycles. The highest BCUT2D eigenvalue weighted by atomic mass is 16.1. The van der Waals surface area contributed by atoms with Crippen molar-refractivity contribution >= 4 is 39.2 Å². The van der Waals surface area contributed by atoms with Crippen molar-refractivity contribution in [2.45, 2.75) is 0 Å². The minimum Gasteiger partial charge on any atom is -0.366 e. The van der Waals surface area contributed by atoms with E-state index in [1.807, 2.05) is 37.3 Å². The van der Waals surface area contributed by atoms with E-state index in [1.54, 1.807) is 37.1 Å². The summed E-state index contributed by atoms with van der Waals surface area (Å²) in [7, 11) is 3.90. The van der Waals surface area contributed by atoms with E-state index in [1.165, 1.54) is 6.33 Å². The molecule has 0 aliphatic heterocycles. The van der Waals surface area contributed by atoms with Crippen LogP contribution in [0.3, 0.4) is 0 Å². The van der Waals surface area contributed by atoms with Crippen LogP contribution in [0.5, 0.6) is 0 Å². The molecule has 0 spiro atoms. The van der Waals surface area contributed by atoms with E-state index >= 15 is 0 Å². The van der Waals surface area contributed by atoms with Gasteiger partial charge in [-0.15, -0.1) is 0 Å². The Morgan fingerprint density at radius 1 is 0.919 bits per heavy atom. The van der Waals surface area contributed by atoms with Crippen molar-refractivity contribution in [2.75, 3.05) is 11.9 Å². The van der Waals surface area contributed by atoms with Crippen molar-refractivity contribution < 1.29 is 4.79 Å². The number of nitrogens with zero attached hydrogens (tertiary/aromatic N) is 7. The number of benzene rings is 2. The van der Waals surface area contributed by atoms with Crippen LogP contribution in [0, 0.1) is 0 Å². The van der Waals surface area contributed by atoms with Gasteiger partial charge < -0.3 is 15.2 Å². The molecule has 2 aromatic carbocycles. The molecule has 2 N–H and O–H groups in total. The Balaban J connectivity index is 1.59. The number of aryl methyl sites for hydroxylation is 1. The number of primary amides is 1. The Labute approximate surface area is 212 Å². The zero-order valence-corrected chi connectivity index (χ0v) is 20.2. The summed E-state index contributed by atoms with van der Waals surface area (Å²) in [6, 6.07) is 14.0. The van der Waals surface area contributed by atoms with Crippen LogP contribution in [-0.4, -0.2) is 42.4 Å². The number of aromatic nitrogens is 6. The van der Waals surface area contributed by atoms with E-state index in [0.29, 0.717) is 22.5 Å². The van der Waals surface area contributed by atoms with E-state index in [9.17, 15) is 4.79 Å². The first-order valence-electron chi connectivity index (χ1n) is 11.6. The monoisotopic (exact) mass is 486 g/mol. The first kappa shape index (κ1) is 22.3. The van der Waals surface area contributed by atoms with Crippen LogP contribution >= 0.6 is 0 Å². The number of pyridine rings is 1. The standard InChI is InChI=1S/C28H22N8O/c1-35-10-6-17-3-4-18(11-24(17)35)22-12-20(13-23-26(22)34-9-8-32-23)36(2)27-21(28(29)37)5-7-33-25(27)19-14-30-16-31-15-19/h3-16H,1-2H3,(H2,29,37). The maximum absolute atomic E-state index is 12.5. The zero-order valence-electron chi connectivity index (χ0n) is 20.2. The lowest BCUT2D eigenvalue weighted by Gasteiger charge is -2.25. The molecule has 0 unspecified atom stereocenters. The molecule has 0 fully saturated rings. The van der Waals surface area contributed by atoms with Gasteiger partial charge in [0.25, 0.3) is 5.91 Å². The lowest BCUT2D eigenvalue weighted by Crippen LogP contribution is -2.20. The molecule has 1 amide bonds. The topological polar surface area (TPSA) is 116 Å². The molecule has 9 nitrogen and oxygen atoms in total. The Hall–Kier alpha value is -5.18. The fourth-order valence-corrected chi connectivity index (χ4v) is 4.66. The second-order valence-electron chi connectivity index (χ2n) is 8.72. The maximum Gasteiger partial charge on any atom is 0.250 e. The number of carbonyl (C=O) groups is 1. The van der Waals surface area contributed by atoms with Crippen LogP contribution in [-0.2, 0) is 7.05 Å². The minimum atomic E-state index is -0.558. The predicted octanol–water partition coefficient (Wildman–Crippen LogP) is 4.51. The van der Waals surface area contributed by atoms with Crippen molar-refractivity contribution in [3.63, 3.8) is 0 Å². The summed E-state index contributed by atoms with van der Waals surface area (Å²) < 4.78 is 2.09. The molecule has 0 atom stereocenters. The second kappa shape index (κ2) is 8.80. The average molecular weight is 487 g/mol. The number of hydrogen-bond donors (Lipinski definition) is 1. The van der Waals surface area contributed by atoms with Gasteiger partial charge in [-0.2, -0.15) is 0 Å².